The molecular weight excluding hydrogens is 274 g/mol. The number of nitrogens with zero attached hydrogens (tertiary/aromatic N) is 3. The van der Waals surface area contributed by atoms with Crippen molar-refractivity contribution in [2.24, 2.45) is 5.92 Å². The van der Waals surface area contributed by atoms with Crippen LogP contribution in [-0.4, -0.2) is 57.2 Å². The highest BCUT2D eigenvalue weighted by Crippen LogP contribution is 2.20. The standard InChI is InChI=1S/C13H21N5OS/c1-18(4-9(6-19)7-20-2)5-10-3-15-12-11(10)16-8-17-13(12)14/h3,8-9,15,19H,4-7H2,1-2H3,(H2,14,16,17). The highest BCUT2D eigenvalue weighted by molar-refractivity contribution is 7.98. The first-order valence-electron chi connectivity index (χ1n) is 6.50. The number of hydrogen-bond acceptors (Lipinski definition) is 6. The van der Waals surface area contributed by atoms with Crippen LogP contribution in [0.1, 0.15) is 5.56 Å². The minimum atomic E-state index is 0.216. The summed E-state index contributed by atoms with van der Waals surface area (Å²) in [6.45, 7) is 1.83. The molecule has 2 aromatic heterocycles. The van der Waals surface area contributed by atoms with E-state index in [0.717, 1.165) is 35.4 Å². The lowest BCUT2D eigenvalue weighted by Gasteiger charge is -2.21. The maximum Gasteiger partial charge on any atom is 0.151 e. The van der Waals surface area contributed by atoms with Crippen LogP contribution < -0.4 is 5.73 Å². The van der Waals surface area contributed by atoms with Crippen molar-refractivity contribution in [3.63, 3.8) is 0 Å². The molecular formula is C13H21N5OS. The smallest absolute Gasteiger partial charge is 0.151 e. The zero-order chi connectivity index (χ0) is 14.5. The van der Waals surface area contributed by atoms with Crippen molar-refractivity contribution in [3.8, 4) is 0 Å². The number of thioether (sulfide) groups is 1. The molecule has 0 spiro atoms. The number of rotatable bonds is 7. The van der Waals surface area contributed by atoms with Gasteiger partial charge >= 0.3 is 0 Å². The van der Waals surface area contributed by atoms with Gasteiger partial charge in [-0.1, -0.05) is 0 Å². The molecule has 0 radical (unpaired) electrons. The molecule has 0 aromatic carbocycles. The largest absolute Gasteiger partial charge is 0.396 e. The Morgan fingerprint density at radius 3 is 3.00 bits per heavy atom. The molecule has 0 amide bonds. The van der Waals surface area contributed by atoms with Gasteiger partial charge in [-0.2, -0.15) is 11.8 Å². The molecule has 0 bridgehead atoms. The number of H-pyrrole nitrogens is 1. The van der Waals surface area contributed by atoms with Crippen molar-refractivity contribution in [1.29, 1.82) is 0 Å². The molecule has 0 fully saturated rings. The van der Waals surface area contributed by atoms with Crippen LogP contribution in [0.4, 0.5) is 5.82 Å². The van der Waals surface area contributed by atoms with Crippen LogP contribution in [-0.2, 0) is 6.54 Å². The maximum atomic E-state index is 9.36. The van der Waals surface area contributed by atoms with Crippen LogP contribution in [0.5, 0.6) is 0 Å². The van der Waals surface area contributed by atoms with E-state index in [1.807, 2.05) is 13.2 Å². The number of aromatic amines is 1. The third-order valence-electron chi connectivity index (χ3n) is 3.24. The van der Waals surface area contributed by atoms with Gasteiger partial charge in [0.25, 0.3) is 0 Å². The summed E-state index contributed by atoms with van der Waals surface area (Å²) < 4.78 is 0. The van der Waals surface area contributed by atoms with Crippen LogP contribution in [0.2, 0.25) is 0 Å². The fourth-order valence-electron chi connectivity index (χ4n) is 2.33. The van der Waals surface area contributed by atoms with Crippen LogP contribution in [0.3, 0.4) is 0 Å². The van der Waals surface area contributed by atoms with Crippen LogP contribution >= 0.6 is 11.8 Å². The van der Waals surface area contributed by atoms with E-state index in [1.165, 1.54) is 6.33 Å². The van der Waals surface area contributed by atoms with E-state index in [0.29, 0.717) is 11.7 Å². The monoisotopic (exact) mass is 295 g/mol. The van der Waals surface area contributed by atoms with E-state index in [-0.39, 0.29) is 6.61 Å². The number of fused-ring (bicyclic) bond motifs is 1. The lowest BCUT2D eigenvalue weighted by molar-refractivity contribution is 0.190. The van der Waals surface area contributed by atoms with Gasteiger partial charge in [-0.3, -0.25) is 0 Å². The number of aliphatic hydroxyl groups excluding tert-OH is 1. The number of aromatic nitrogens is 3. The summed E-state index contributed by atoms with van der Waals surface area (Å²) in [5.74, 6) is 1.73. The molecule has 0 saturated heterocycles. The third-order valence-corrected chi connectivity index (χ3v) is 4.05. The zero-order valence-electron chi connectivity index (χ0n) is 11.8. The molecule has 0 aliphatic rings. The molecule has 6 nitrogen and oxygen atoms in total. The summed E-state index contributed by atoms with van der Waals surface area (Å²) >= 11 is 1.76. The molecule has 1 atom stereocenters. The van der Waals surface area contributed by atoms with Gasteiger partial charge in [0.15, 0.2) is 5.82 Å². The normalized spacial score (nSPS) is 13.2. The molecule has 2 heterocycles. The van der Waals surface area contributed by atoms with Crippen LogP contribution in [0, 0.1) is 5.92 Å². The number of aliphatic hydroxyl groups is 1. The Balaban J connectivity index is 2.06. The Labute approximate surface area is 122 Å². The van der Waals surface area contributed by atoms with Gasteiger partial charge in [-0.15, -0.1) is 0 Å². The number of nitrogens with one attached hydrogen (secondary N) is 1. The Morgan fingerprint density at radius 1 is 1.50 bits per heavy atom. The first-order chi connectivity index (χ1) is 9.65. The summed E-state index contributed by atoms with van der Waals surface area (Å²) in [6.07, 6.45) is 5.47. The second-order valence-electron chi connectivity index (χ2n) is 5.00. The van der Waals surface area contributed by atoms with E-state index < -0.39 is 0 Å². The Kier molecular flexibility index (Phi) is 5.22. The lowest BCUT2D eigenvalue weighted by Crippen LogP contribution is -2.28. The minimum Gasteiger partial charge on any atom is -0.396 e. The van der Waals surface area contributed by atoms with Gasteiger partial charge in [0.1, 0.15) is 11.8 Å². The number of nitrogen functional groups attached to an aromatic ring is 1. The predicted molar refractivity (Wildman–Crippen MR) is 83.6 cm³/mol. The predicted octanol–water partition coefficient (Wildman–Crippen LogP) is 0.943. The van der Waals surface area contributed by atoms with Gasteiger partial charge in [-0.05, 0) is 19.1 Å². The first-order valence-corrected chi connectivity index (χ1v) is 7.89. The molecule has 110 valence electrons. The van der Waals surface area contributed by atoms with Crippen LogP contribution in [0.15, 0.2) is 12.5 Å². The van der Waals surface area contributed by atoms with E-state index in [9.17, 15) is 5.11 Å². The molecule has 0 aliphatic heterocycles. The van der Waals surface area contributed by atoms with E-state index in [2.05, 4.69) is 26.1 Å². The second kappa shape index (κ2) is 6.92. The van der Waals surface area contributed by atoms with Gasteiger partial charge in [-0.25, -0.2) is 9.97 Å². The summed E-state index contributed by atoms with van der Waals surface area (Å²) in [4.78, 5) is 13.6. The third kappa shape index (κ3) is 3.41. The Bertz CT molecular complexity index is 559. The first kappa shape index (κ1) is 15.1. The van der Waals surface area contributed by atoms with Gasteiger partial charge < -0.3 is 20.7 Å². The molecule has 7 heteroatoms. The fourth-order valence-corrected chi connectivity index (χ4v) is 3.01. The quantitative estimate of drug-likeness (QED) is 0.704. The lowest BCUT2D eigenvalue weighted by atomic mass is 10.1. The molecule has 0 saturated carbocycles. The SMILES string of the molecule is CSCC(CO)CN(C)Cc1c[nH]c2c(N)ncnc12. The van der Waals surface area contributed by atoms with Crippen molar-refractivity contribution >= 4 is 28.6 Å². The molecule has 2 rings (SSSR count). The van der Waals surface area contributed by atoms with Crippen molar-refractivity contribution in [2.45, 2.75) is 6.54 Å². The van der Waals surface area contributed by atoms with Gasteiger partial charge in [0.2, 0.25) is 0 Å². The Hall–Kier alpha value is -1.31. The van der Waals surface area contributed by atoms with Crippen LogP contribution in [0.25, 0.3) is 11.0 Å². The summed E-state index contributed by atoms with van der Waals surface area (Å²) in [5.41, 5.74) is 8.57. The summed E-state index contributed by atoms with van der Waals surface area (Å²) in [7, 11) is 2.05. The molecule has 0 aliphatic carbocycles. The second-order valence-corrected chi connectivity index (χ2v) is 5.91. The molecule has 2 aromatic rings. The van der Waals surface area contributed by atoms with Crippen molar-refractivity contribution in [3.05, 3.63) is 18.1 Å². The molecule has 4 N–H and O–H groups in total. The molecule has 20 heavy (non-hydrogen) atoms. The topological polar surface area (TPSA) is 91.1 Å². The average Bonchev–Trinajstić information content (AvgIpc) is 2.83. The van der Waals surface area contributed by atoms with Gasteiger partial charge in [0, 0.05) is 37.4 Å². The summed E-state index contributed by atoms with van der Waals surface area (Å²) in [6, 6.07) is 0. The minimum absolute atomic E-state index is 0.216. The fraction of sp³-hybridized carbons (Fsp3) is 0.538. The van der Waals surface area contributed by atoms with E-state index in [1.54, 1.807) is 11.8 Å². The van der Waals surface area contributed by atoms with Crippen molar-refractivity contribution in [2.75, 3.05) is 37.9 Å². The average molecular weight is 295 g/mol. The van der Waals surface area contributed by atoms with Gasteiger partial charge in [0.05, 0.1) is 5.52 Å². The van der Waals surface area contributed by atoms with Crippen molar-refractivity contribution in [1.82, 2.24) is 19.9 Å². The van der Waals surface area contributed by atoms with E-state index >= 15 is 0 Å². The van der Waals surface area contributed by atoms with E-state index in [4.69, 9.17) is 5.73 Å². The number of anilines is 1. The molecule has 1 unspecified atom stereocenters. The highest BCUT2D eigenvalue weighted by Gasteiger charge is 2.13. The Morgan fingerprint density at radius 2 is 2.30 bits per heavy atom. The summed E-state index contributed by atoms with van der Waals surface area (Å²) in [5, 5.41) is 9.36. The zero-order valence-corrected chi connectivity index (χ0v) is 12.7. The maximum absolute atomic E-state index is 9.36. The highest BCUT2D eigenvalue weighted by atomic mass is 32.2. The van der Waals surface area contributed by atoms with Crippen molar-refractivity contribution < 1.29 is 5.11 Å². The number of hydrogen-bond donors (Lipinski definition) is 3. The number of nitrogens with two attached hydrogens (primary N) is 1.